The summed E-state index contributed by atoms with van der Waals surface area (Å²) in [7, 11) is 0. The lowest BCUT2D eigenvalue weighted by Crippen LogP contribution is -2.49. The molecule has 0 aromatic carbocycles. The van der Waals surface area contributed by atoms with Crippen molar-refractivity contribution < 1.29 is 24.6 Å². The number of hydrogen-bond acceptors (Lipinski definition) is 4. The summed E-state index contributed by atoms with van der Waals surface area (Å²) in [5.74, 6) is -2.13. The zero-order valence-electron chi connectivity index (χ0n) is 10.0. The second kappa shape index (κ2) is 5.21. The number of rotatable bonds is 4. The first-order valence-corrected chi connectivity index (χ1v) is 5.50. The predicted molar refractivity (Wildman–Crippen MR) is 60.6 cm³/mol. The third-order valence-electron chi connectivity index (χ3n) is 2.74. The number of nitrogens with two attached hydrogens (primary N) is 1. The second-order valence-electron chi connectivity index (χ2n) is 4.68. The van der Waals surface area contributed by atoms with Gasteiger partial charge in [0, 0.05) is 6.54 Å². The molecule has 1 fully saturated rings. The molecule has 0 spiro atoms. The van der Waals surface area contributed by atoms with E-state index in [0.29, 0.717) is 13.0 Å². The predicted octanol–water partition coefficient (Wildman–Crippen LogP) is -1.52. The summed E-state index contributed by atoms with van der Waals surface area (Å²) >= 11 is 0. The molecule has 0 radical (unpaired) electrons. The molecule has 2 atom stereocenters. The van der Waals surface area contributed by atoms with Crippen LogP contribution in [0.3, 0.4) is 0 Å². The topological polar surface area (TPSA) is 133 Å². The maximum Gasteiger partial charge on any atom is 0.326 e. The van der Waals surface area contributed by atoms with Crippen molar-refractivity contribution in [1.82, 2.24) is 10.2 Å². The number of carbonyl (C=O) groups excluding carboxylic acids is 2. The summed E-state index contributed by atoms with van der Waals surface area (Å²) in [4.78, 5) is 34.5. The van der Waals surface area contributed by atoms with Gasteiger partial charge in [-0.25, -0.2) is 9.59 Å². The van der Waals surface area contributed by atoms with E-state index in [1.807, 2.05) is 0 Å². The second-order valence-corrected chi connectivity index (χ2v) is 4.68. The fourth-order valence-corrected chi connectivity index (χ4v) is 1.76. The summed E-state index contributed by atoms with van der Waals surface area (Å²) < 4.78 is 0. The normalized spacial score (nSPS) is 24.7. The Morgan fingerprint density at radius 1 is 1.50 bits per heavy atom. The Hall–Kier alpha value is -1.83. The number of nitrogens with one attached hydrogen (secondary N) is 1. The Morgan fingerprint density at radius 2 is 2.11 bits per heavy atom. The summed E-state index contributed by atoms with van der Waals surface area (Å²) in [6.07, 6.45) is -0.0424. The van der Waals surface area contributed by atoms with Crippen molar-refractivity contribution in [3.05, 3.63) is 0 Å². The minimum atomic E-state index is -1.35. The van der Waals surface area contributed by atoms with Crippen LogP contribution in [0.5, 0.6) is 0 Å². The molecular formula is C10H17N3O5. The number of carbonyl (C=O) groups is 3. The Morgan fingerprint density at radius 3 is 2.50 bits per heavy atom. The first-order chi connectivity index (χ1) is 8.21. The van der Waals surface area contributed by atoms with Crippen molar-refractivity contribution in [2.45, 2.75) is 31.4 Å². The van der Waals surface area contributed by atoms with Crippen LogP contribution in [-0.4, -0.2) is 57.8 Å². The largest absolute Gasteiger partial charge is 0.480 e. The van der Waals surface area contributed by atoms with Crippen molar-refractivity contribution in [1.29, 1.82) is 0 Å². The molecule has 8 heteroatoms. The number of aliphatic hydroxyl groups is 1. The van der Waals surface area contributed by atoms with Gasteiger partial charge in [-0.2, -0.15) is 0 Å². The van der Waals surface area contributed by atoms with E-state index in [1.54, 1.807) is 6.92 Å². The zero-order chi connectivity index (χ0) is 13.9. The van der Waals surface area contributed by atoms with Crippen LogP contribution in [-0.2, 0) is 9.59 Å². The third-order valence-corrected chi connectivity index (χ3v) is 2.74. The Bertz CT molecular complexity index is 369. The van der Waals surface area contributed by atoms with Crippen molar-refractivity contribution in [2.75, 3.05) is 13.1 Å². The Kier molecular flexibility index (Phi) is 4.12. The van der Waals surface area contributed by atoms with Gasteiger partial charge in [-0.3, -0.25) is 4.79 Å². The van der Waals surface area contributed by atoms with Gasteiger partial charge in [-0.05, 0) is 13.3 Å². The van der Waals surface area contributed by atoms with Crippen LogP contribution in [0.15, 0.2) is 0 Å². The van der Waals surface area contributed by atoms with Gasteiger partial charge in [-0.15, -0.1) is 0 Å². The van der Waals surface area contributed by atoms with Gasteiger partial charge in [0.15, 0.2) is 0 Å². The number of likely N-dealkylation sites (tertiary alicyclic amines) is 1. The number of nitrogens with zero attached hydrogens (tertiary/aromatic N) is 1. The molecule has 0 aliphatic carbocycles. The summed E-state index contributed by atoms with van der Waals surface area (Å²) in [6.45, 7) is 2.06. The van der Waals surface area contributed by atoms with E-state index in [4.69, 9.17) is 10.8 Å². The molecule has 0 aromatic heterocycles. The first-order valence-electron chi connectivity index (χ1n) is 5.50. The molecule has 1 aliphatic heterocycles. The maximum atomic E-state index is 11.7. The van der Waals surface area contributed by atoms with Crippen LogP contribution in [0.2, 0.25) is 0 Å². The summed E-state index contributed by atoms with van der Waals surface area (Å²) in [5, 5.41) is 20.7. The molecule has 18 heavy (non-hydrogen) atoms. The van der Waals surface area contributed by atoms with E-state index < -0.39 is 36.0 Å². The lowest BCUT2D eigenvalue weighted by Gasteiger charge is -2.21. The highest BCUT2D eigenvalue weighted by molar-refractivity contribution is 5.87. The molecule has 0 bridgehead atoms. The van der Waals surface area contributed by atoms with Crippen LogP contribution in [0.1, 0.15) is 19.8 Å². The van der Waals surface area contributed by atoms with Crippen molar-refractivity contribution in [3.63, 3.8) is 0 Å². The minimum absolute atomic E-state index is 0.127. The molecule has 1 aliphatic rings. The molecular weight excluding hydrogens is 242 g/mol. The molecule has 0 aromatic rings. The first kappa shape index (κ1) is 14.2. The van der Waals surface area contributed by atoms with Crippen LogP contribution in [0.25, 0.3) is 0 Å². The highest BCUT2D eigenvalue weighted by Crippen LogP contribution is 2.20. The molecule has 1 unspecified atom stereocenters. The van der Waals surface area contributed by atoms with E-state index in [9.17, 15) is 19.5 Å². The molecule has 8 nitrogen and oxygen atoms in total. The number of β-amino-alcohol motifs (C(OH)–C–C–N with tert-alkyl or cyclic N) is 1. The maximum absolute atomic E-state index is 11.7. The van der Waals surface area contributed by atoms with Gasteiger partial charge in [0.05, 0.1) is 18.6 Å². The third kappa shape index (κ3) is 3.88. The summed E-state index contributed by atoms with van der Waals surface area (Å²) in [5.41, 5.74) is 3.94. The summed E-state index contributed by atoms with van der Waals surface area (Å²) in [6, 6.07) is -1.97. The van der Waals surface area contributed by atoms with Gasteiger partial charge in [0.2, 0.25) is 5.91 Å². The quantitative estimate of drug-likeness (QED) is 0.486. The van der Waals surface area contributed by atoms with E-state index in [1.165, 1.54) is 4.90 Å². The number of amides is 3. The fraction of sp³-hybridized carbons (Fsp3) is 0.700. The number of primary amides is 1. The van der Waals surface area contributed by atoms with Gasteiger partial charge in [0.1, 0.15) is 6.04 Å². The molecule has 102 valence electrons. The van der Waals surface area contributed by atoms with E-state index >= 15 is 0 Å². The SMILES string of the molecule is CC1(O)CCN(C(=O)N[C@H](CC(N)=O)C(=O)O)C1. The highest BCUT2D eigenvalue weighted by atomic mass is 16.4. The van der Waals surface area contributed by atoms with Gasteiger partial charge >= 0.3 is 12.0 Å². The van der Waals surface area contributed by atoms with E-state index in [0.717, 1.165) is 0 Å². The average molecular weight is 259 g/mol. The van der Waals surface area contributed by atoms with Crippen molar-refractivity contribution in [3.8, 4) is 0 Å². The Labute approximate surface area is 104 Å². The zero-order valence-corrected chi connectivity index (χ0v) is 10.0. The van der Waals surface area contributed by atoms with Crippen LogP contribution in [0.4, 0.5) is 4.79 Å². The number of carboxylic acid groups (broad SMARTS) is 1. The monoisotopic (exact) mass is 259 g/mol. The lowest BCUT2D eigenvalue weighted by atomic mass is 10.1. The minimum Gasteiger partial charge on any atom is -0.480 e. The van der Waals surface area contributed by atoms with Gasteiger partial charge in [0.25, 0.3) is 0 Å². The highest BCUT2D eigenvalue weighted by Gasteiger charge is 2.35. The van der Waals surface area contributed by atoms with E-state index in [-0.39, 0.29) is 6.54 Å². The van der Waals surface area contributed by atoms with Crippen molar-refractivity contribution in [2.24, 2.45) is 5.73 Å². The molecule has 3 amide bonds. The van der Waals surface area contributed by atoms with E-state index in [2.05, 4.69) is 5.32 Å². The van der Waals surface area contributed by atoms with Gasteiger partial charge < -0.3 is 26.2 Å². The molecule has 5 N–H and O–H groups in total. The Balaban J connectivity index is 2.57. The standard InChI is InChI=1S/C10H17N3O5/c1-10(18)2-3-13(5-10)9(17)12-6(8(15)16)4-7(11)14/h6,18H,2-5H2,1H3,(H2,11,14)(H,12,17)(H,15,16)/t6-,10?/m1/s1. The number of aliphatic carboxylic acids is 1. The fourth-order valence-electron chi connectivity index (χ4n) is 1.76. The smallest absolute Gasteiger partial charge is 0.326 e. The van der Waals surface area contributed by atoms with Gasteiger partial charge in [-0.1, -0.05) is 0 Å². The van der Waals surface area contributed by atoms with Crippen LogP contribution >= 0.6 is 0 Å². The lowest BCUT2D eigenvalue weighted by molar-refractivity contribution is -0.140. The van der Waals surface area contributed by atoms with Crippen molar-refractivity contribution >= 4 is 17.9 Å². The van der Waals surface area contributed by atoms with Crippen LogP contribution < -0.4 is 11.1 Å². The van der Waals surface area contributed by atoms with Crippen LogP contribution in [0, 0.1) is 0 Å². The number of urea groups is 1. The number of hydrogen-bond donors (Lipinski definition) is 4. The average Bonchev–Trinajstić information content (AvgIpc) is 2.57. The molecule has 1 saturated heterocycles. The molecule has 1 heterocycles. The molecule has 1 rings (SSSR count). The number of carboxylic acids is 1. The molecule has 0 saturated carbocycles.